The first-order valence-electron chi connectivity index (χ1n) is 8.71. The van der Waals surface area contributed by atoms with E-state index in [0.29, 0.717) is 19.0 Å². The number of benzene rings is 1. The largest absolute Gasteiger partial charge is 0.353 e. The number of anilines is 1. The Morgan fingerprint density at radius 2 is 1.87 bits per heavy atom. The molecule has 1 N–H and O–H groups in total. The SMILES string of the molecule is Cc1ccccc1N1C[C@@H](C(=O)NC2CCC(C)CC2)CC1=O. The number of carbonyl (C=O) groups excluding carboxylic acids is 2. The third-order valence-corrected chi connectivity index (χ3v) is 5.26. The number of rotatable bonds is 3. The van der Waals surface area contributed by atoms with Crippen molar-refractivity contribution in [2.45, 2.75) is 52.0 Å². The Balaban J connectivity index is 1.61. The quantitative estimate of drug-likeness (QED) is 0.932. The third-order valence-electron chi connectivity index (χ3n) is 5.26. The minimum absolute atomic E-state index is 0.0500. The van der Waals surface area contributed by atoms with Crippen molar-refractivity contribution in [1.29, 1.82) is 0 Å². The molecule has 0 bridgehead atoms. The summed E-state index contributed by atoms with van der Waals surface area (Å²) in [6.07, 6.45) is 4.82. The van der Waals surface area contributed by atoms with E-state index < -0.39 is 0 Å². The Morgan fingerprint density at radius 1 is 1.17 bits per heavy atom. The van der Waals surface area contributed by atoms with Gasteiger partial charge in [-0.25, -0.2) is 0 Å². The molecule has 1 aromatic carbocycles. The molecule has 1 aliphatic carbocycles. The molecule has 23 heavy (non-hydrogen) atoms. The van der Waals surface area contributed by atoms with Crippen LogP contribution in [0, 0.1) is 18.8 Å². The molecule has 2 amide bonds. The summed E-state index contributed by atoms with van der Waals surface area (Å²) in [6, 6.07) is 8.15. The van der Waals surface area contributed by atoms with E-state index in [4.69, 9.17) is 0 Å². The first-order valence-corrected chi connectivity index (χ1v) is 8.71. The number of aryl methyl sites for hydroxylation is 1. The number of hydrogen-bond donors (Lipinski definition) is 1. The van der Waals surface area contributed by atoms with Gasteiger partial charge in [0.1, 0.15) is 0 Å². The summed E-state index contributed by atoms with van der Waals surface area (Å²) in [5.74, 6) is 0.653. The molecule has 0 radical (unpaired) electrons. The van der Waals surface area contributed by atoms with Gasteiger partial charge in [0.15, 0.2) is 0 Å². The molecular formula is C19H26N2O2. The van der Waals surface area contributed by atoms with Gasteiger partial charge in [-0.15, -0.1) is 0 Å². The zero-order valence-corrected chi connectivity index (χ0v) is 14.0. The van der Waals surface area contributed by atoms with E-state index in [2.05, 4.69) is 12.2 Å². The van der Waals surface area contributed by atoms with Crippen LogP contribution in [0.4, 0.5) is 5.69 Å². The summed E-state index contributed by atoms with van der Waals surface area (Å²) in [4.78, 5) is 26.6. The normalized spacial score (nSPS) is 28.0. The van der Waals surface area contributed by atoms with Crippen LogP contribution in [0.5, 0.6) is 0 Å². The number of carbonyl (C=O) groups is 2. The number of para-hydroxylation sites is 1. The second-order valence-corrected chi connectivity index (χ2v) is 7.16. The zero-order valence-electron chi connectivity index (χ0n) is 14.0. The summed E-state index contributed by atoms with van der Waals surface area (Å²) < 4.78 is 0. The molecule has 2 aliphatic rings. The topological polar surface area (TPSA) is 49.4 Å². The molecule has 0 spiro atoms. The molecule has 4 heteroatoms. The van der Waals surface area contributed by atoms with Crippen LogP contribution in [-0.4, -0.2) is 24.4 Å². The van der Waals surface area contributed by atoms with Crippen molar-refractivity contribution in [3.8, 4) is 0 Å². The van der Waals surface area contributed by atoms with Crippen molar-refractivity contribution >= 4 is 17.5 Å². The highest BCUT2D eigenvalue weighted by Gasteiger charge is 2.36. The Labute approximate surface area is 138 Å². The number of nitrogens with zero attached hydrogens (tertiary/aromatic N) is 1. The lowest BCUT2D eigenvalue weighted by Gasteiger charge is -2.27. The van der Waals surface area contributed by atoms with Crippen molar-refractivity contribution in [3.05, 3.63) is 29.8 Å². The minimum atomic E-state index is -0.221. The Kier molecular flexibility index (Phi) is 4.69. The monoisotopic (exact) mass is 314 g/mol. The predicted molar refractivity (Wildman–Crippen MR) is 91.2 cm³/mol. The van der Waals surface area contributed by atoms with Gasteiger partial charge in [-0.1, -0.05) is 25.1 Å². The molecule has 1 aromatic rings. The fourth-order valence-electron chi connectivity index (χ4n) is 3.71. The first kappa shape index (κ1) is 16.0. The molecule has 1 aliphatic heterocycles. The molecule has 1 heterocycles. The molecule has 0 aromatic heterocycles. The van der Waals surface area contributed by atoms with Crippen molar-refractivity contribution in [3.63, 3.8) is 0 Å². The average molecular weight is 314 g/mol. The van der Waals surface area contributed by atoms with Crippen LogP contribution in [-0.2, 0) is 9.59 Å². The average Bonchev–Trinajstić information content (AvgIpc) is 2.92. The maximum Gasteiger partial charge on any atom is 0.227 e. The highest BCUT2D eigenvalue weighted by molar-refractivity contribution is 6.00. The first-order chi connectivity index (χ1) is 11.0. The van der Waals surface area contributed by atoms with Crippen LogP contribution in [0.15, 0.2) is 24.3 Å². The van der Waals surface area contributed by atoms with Crippen molar-refractivity contribution in [2.75, 3.05) is 11.4 Å². The number of hydrogen-bond acceptors (Lipinski definition) is 2. The lowest BCUT2D eigenvalue weighted by atomic mass is 9.87. The van der Waals surface area contributed by atoms with Gasteiger partial charge in [-0.05, 0) is 50.2 Å². The van der Waals surface area contributed by atoms with Gasteiger partial charge in [0.2, 0.25) is 11.8 Å². The van der Waals surface area contributed by atoms with Gasteiger partial charge in [0.05, 0.1) is 5.92 Å². The summed E-state index contributed by atoms with van der Waals surface area (Å²) in [5.41, 5.74) is 2.00. The molecule has 124 valence electrons. The maximum atomic E-state index is 12.5. The molecule has 0 unspecified atom stereocenters. The molecule has 2 fully saturated rings. The standard InChI is InChI=1S/C19H26N2O2/c1-13-7-9-16(10-8-13)20-19(23)15-11-18(22)21(12-15)17-6-4-3-5-14(17)2/h3-6,13,15-16H,7-12H2,1-2H3,(H,20,23)/t13?,15-,16?/m0/s1. The van der Waals surface area contributed by atoms with E-state index in [9.17, 15) is 9.59 Å². The van der Waals surface area contributed by atoms with E-state index in [-0.39, 0.29) is 17.7 Å². The van der Waals surface area contributed by atoms with Gasteiger partial charge >= 0.3 is 0 Å². The van der Waals surface area contributed by atoms with Crippen LogP contribution in [0.2, 0.25) is 0 Å². The fourth-order valence-corrected chi connectivity index (χ4v) is 3.71. The van der Waals surface area contributed by atoms with Crippen LogP contribution in [0.25, 0.3) is 0 Å². The van der Waals surface area contributed by atoms with E-state index in [1.165, 1.54) is 12.8 Å². The number of nitrogens with one attached hydrogen (secondary N) is 1. The summed E-state index contributed by atoms with van der Waals surface area (Å²) in [7, 11) is 0. The second-order valence-electron chi connectivity index (χ2n) is 7.16. The Morgan fingerprint density at radius 3 is 2.57 bits per heavy atom. The van der Waals surface area contributed by atoms with E-state index in [1.54, 1.807) is 4.90 Å². The predicted octanol–water partition coefficient (Wildman–Crippen LogP) is 3.04. The third kappa shape index (κ3) is 3.57. The highest BCUT2D eigenvalue weighted by atomic mass is 16.2. The zero-order chi connectivity index (χ0) is 16.4. The Bertz CT molecular complexity index is 591. The van der Waals surface area contributed by atoms with Gasteiger partial charge in [-0.3, -0.25) is 9.59 Å². The smallest absolute Gasteiger partial charge is 0.227 e. The molecule has 1 saturated heterocycles. The molecule has 4 nitrogen and oxygen atoms in total. The molecule has 1 atom stereocenters. The van der Waals surface area contributed by atoms with Crippen LogP contribution in [0.1, 0.15) is 44.6 Å². The fraction of sp³-hybridized carbons (Fsp3) is 0.579. The van der Waals surface area contributed by atoms with Crippen LogP contribution < -0.4 is 10.2 Å². The van der Waals surface area contributed by atoms with E-state index in [1.807, 2.05) is 31.2 Å². The van der Waals surface area contributed by atoms with Crippen molar-refractivity contribution in [1.82, 2.24) is 5.32 Å². The summed E-state index contributed by atoms with van der Waals surface area (Å²) in [6.45, 7) is 4.77. The van der Waals surface area contributed by atoms with Crippen LogP contribution in [0.3, 0.4) is 0 Å². The summed E-state index contributed by atoms with van der Waals surface area (Å²) >= 11 is 0. The lowest BCUT2D eigenvalue weighted by Crippen LogP contribution is -2.41. The number of amides is 2. The second kappa shape index (κ2) is 6.73. The van der Waals surface area contributed by atoms with E-state index in [0.717, 1.165) is 30.0 Å². The minimum Gasteiger partial charge on any atom is -0.353 e. The van der Waals surface area contributed by atoms with Gasteiger partial charge in [0.25, 0.3) is 0 Å². The van der Waals surface area contributed by atoms with Gasteiger partial charge < -0.3 is 10.2 Å². The summed E-state index contributed by atoms with van der Waals surface area (Å²) in [5, 5.41) is 3.17. The lowest BCUT2D eigenvalue weighted by molar-refractivity contribution is -0.127. The molecule has 1 saturated carbocycles. The van der Waals surface area contributed by atoms with Gasteiger partial charge in [0, 0.05) is 24.7 Å². The molecular weight excluding hydrogens is 288 g/mol. The van der Waals surface area contributed by atoms with Crippen LogP contribution >= 0.6 is 0 Å². The Hall–Kier alpha value is -1.84. The van der Waals surface area contributed by atoms with Gasteiger partial charge in [-0.2, -0.15) is 0 Å². The van der Waals surface area contributed by atoms with Crippen molar-refractivity contribution < 1.29 is 9.59 Å². The van der Waals surface area contributed by atoms with E-state index >= 15 is 0 Å². The highest BCUT2D eigenvalue weighted by Crippen LogP contribution is 2.29. The van der Waals surface area contributed by atoms with Crippen molar-refractivity contribution in [2.24, 2.45) is 11.8 Å². The maximum absolute atomic E-state index is 12.5. The molecule has 3 rings (SSSR count).